The van der Waals surface area contributed by atoms with Crippen LogP contribution in [0.25, 0.3) is 0 Å². The van der Waals surface area contributed by atoms with Crippen LogP contribution in [0, 0.1) is 11.8 Å². The van der Waals surface area contributed by atoms with E-state index in [-0.39, 0.29) is 12.2 Å². The standard InChI is InChI=1S/C12H21NO2/c1-2-3-6-13-12(14)15-11-8-9-4-5-10(11)7-9/h9-11H,2-8H2,1H3,(H,13,14)/t9?,10?,11-/m0/s1. The van der Waals surface area contributed by atoms with Gasteiger partial charge in [0.2, 0.25) is 0 Å². The van der Waals surface area contributed by atoms with Crippen molar-refractivity contribution in [3.63, 3.8) is 0 Å². The molecule has 0 aromatic carbocycles. The SMILES string of the molecule is CCCCNC(=O)O[C@H]1CC2CCC1C2. The second-order valence-corrected chi connectivity index (χ2v) is 4.90. The Hall–Kier alpha value is -0.730. The molecule has 0 saturated heterocycles. The van der Waals surface area contributed by atoms with Crippen LogP contribution in [0.5, 0.6) is 0 Å². The number of unbranched alkanes of at least 4 members (excludes halogenated alkanes) is 1. The van der Waals surface area contributed by atoms with Crippen molar-refractivity contribution in [1.29, 1.82) is 0 Å². The number of carbonyl (C=O) groups excluding carboxylic acids is 1. The van der Waals surface area contributed by atoms with Crippen molar-refractivity contribution >= 4 is 6.09 Å². The first-order valence-electron chi connectivity index (χ1n) is 6.24. The van der Waals surface area contributed by atoms with E-state index in [1.807, 2.05) is 0 Å². The van der Waals surface area contributed by atoms with Crippen LogP contribution in [0.1, 0.15) is 45.4 Å². The molecule has 2 aliphatic carbocycles. The number of nitrogens with one attached hydrogen (secondary N) is 1. The Labute approximate surface area is 91.6 Å². The molecule has 2 bridgehead atoms. The van der Waals surface area contributed by atoms with Gasteiger partial charge in [0, 0.05) is 6.54 Å². The van der Waals surface area contributed by atoms with Gasteiger partial charge in [0.15, 0.2) is 0 Å². The highest BCUT2D eigenvalue weighted by atomic mass is 16.6. The zero-order valence-corrected chi connectivity index (χ0v) is 9.50. The van der Waals surface area contributed by atoms with E-state index >= 15 is 0 Å². The number of ether oxygens (including phenoxy) is 1. The molecule has 1 N–H and O–H groups in total. The van der Waals surface area contributed by atoms with E-state index in [2.05, 4.69) is 12.2 Å². The summed E-state index contributed by atoms with van der Waals surface area (Å²) in [6.45, 7) is 2.86. The van der Waals surface area contributed by atoms with E-state index in [0.29, 0.717) is 5.92 Å². The second kappa shape index (κ2) is 4.86. The molecule has 2 fully saturated rings. The number of amides is 1. The first-order chi connectivity index (χ1) is 7.29. The molecule has 0 aromatic rings. The summed E-state index contributed by atoms with van der Waals surface area (Å²) in [7, 11) is 0. The summed E-state index contributed by atoms with van der Waals surface area (Å²) >= 11 is 0. The summed E-state index contributed by atoms with van der Waals surface area (Å²) in [5.74, 6) is 1.50. The van der Waals surface area contributed by atoms with Gasteiger partial charge < -0.3 is 10.1 Å². The Morgan fingerprint density at radius 1 is 1.40 bits per heavy atom. The van der Waals surface area contributed by atoms with Crippen LogP contribution in [-0.2, 0) is 4.74 Å². The molecule has 0 spiro atoms. The van der Waals surface area contributed by atoms with Crippen LogP contribution in [0.2, 0.25) is 0 Å². The zero-order valence-electron chi connectivity index (χ0n) is 9.50. The summed E-state index contributed by atoms with van der Waals surface area (Å²) in [4.78, 5) is 11.4. The molecule has 0 heterocycles. The van der Waals surface area contributed by atoms with Crippen molar-refractivity contribution in [2.45, 2.75) is 51.6 Å². The maximum absolute atomic E-state index is 11.4. The lowest BCUT2D eigenvalue weighted by molar-refractivity contribution is 0.0650. The maximum atomic E-state index is 11.4. The van der Waals surface area contributed by atoms with Crippen LogP contribution in [0.3, 0.4) is 0 Å². The molecule has 3 nitrogen and oxygen atoms in total. The molecule has 0 aromatic heterocycles. The third-order valence-corrected chi connectivity index (χ3v) is 3.73. The van der Waals surface area contributed by atoms with Crippen molar-refractivity contribution in [1.82, 2.24) is 5.32 Å². The summed E-state index contributed by atoms with van der Waals surface area (Å²) < 4.78 is 5.44. The predicted molar refractivity (Wildman–Crippen MR) is 58.6 cm³/mol. The Kier molecular flexibility index (Phi) is 3.49. The minimum Gasteiger partial charge on any atom is -0.446 e. The van der Waals surface area contributed by atoms with E-state index in [9.17, 15) is 4.79 Å². The summed E-state index contributed by atoms with van der Waals surface area (Å²) in [5, 5.41) is 2.81. The predicted octanol–water partition coefficient (Wildman–Crippen LogP) is 2.70. The van der Waals surface area contributed by atoms with Crippen LogP contribution >= 0.6 is 0 Å². The monoisotopic (exact) mass is 211 g/mol. The topological polar surface area (TPSA) is 38.3 Å². The van der Waals surface area contributed by atoms with Crippen molar-refractivity contribution < 1.29 is 9.53 Å². The van der Waals surface area contributed by atoms with E-state index in [1.54, 1.807) is 0 Å². The molecule has 2 aliphatic rings. The summed E-state index contributed by atoms with van der Waals surface area (Å²) in [6, 6.07) is 0. The largest absolute Gasteiger partial charge is 0.446 e. The highest BCUT2D eigenvalue weighted by molar-refractivity contribution is 5.67. The molecule has 1 amide bonds. The molecule has 15 heavy (non-hydrogen) atoms. The lowest BCUT2D eigenvalue weighted by Gasteiger charge is -2.21. The summed E-state index contributed by atoms with van der Waals surface area (Å²) in [5.41, 5.74) is 0. The van der Waals surface area contributed by atoms with Gasteiger partial charge in [0.25, 0.3) is 0 Å². The van der Waals surface area contributed by atoms with E-state index < -0.39 is 0 Å². The van der Waals surface area contributed by atoms with Gasteiger partial charge in [-0.15, -0.1) is 0 Å². The van der Waals surface area contributed by atoms with Crippen LogP contribution in [0.4, 0.5) is 4.79 Å². The zero-order chi connectivity index (χ0) is 10.7. The van der Waals surface area contributed by atoms with E-state index in [0.717, 1.165) is 31.7 Å². The Bertz CT molecular complexity index is 230. The van der Waals surface area contributed by atoms with Gasteiger partial charge in [0.05, 0.1) is 0 Å². The fourth-order valence-corrected chi connectivity index (χ4v) is 2.88. The molecule has 2 unspecified atom stereocenters. The smallest absolute Gasteiger partial charge is 0.407 e. The number of carbonyl (C=O) groups is 1. The Morgan fingerprint density at radius 2 is 2.27 bits per heavy atom. The van der Waals surface area contributed by atoms with Gasteiger partial charge in [-0.2, -0.15) is 0 Å². The minimum absolute atomic E-state index is 0.207. The van der Waals surface area contributed by atoms with Crippen molar-refractivity contribution in [2.24, 2.45) is 11.8 Å². The van der Waals surface area contributed by atoms with Crippen molar-refractivity contribution in [3.05, 3.63) is 0 Å². The molecule has 2 saturated carbocycles. The lowest BCUT2D eigenvalue weighted by Crippen LogP contribution is -2.32. The Balaban J connectivity index is 1.66. The van der Waals surface area contributed by atoms with Gasteiger partial charge >= 0.3 is 6.09 Å². The molecule has 86 valence electrons. The number of fused-ring (bicyclic) bond motifs is 2. The minimum atomic E-state index is -0.207. The van der Waals surface area contributed by atoms with Crippen LogP contribution in [-0.4, -0.2) is 18.7 Å². The second-order valence-electron chi connectivity index (χ2n) is 4.90. The third-order valence-electron chi connectivity index (χ3n) is 3.73. The van der Waals surface area contributed by atoms with E-state index in [4.69, 9.17) is 4.74 Å². The highest BCUT2D eigenvalue weighted by Crippen LogP contribution is 2.45. The van der Waals surface area contributed by atoms with Gasteiger partial charge in [-0.3, -0.25) is 0 Å². The number of rotatable bonds is 4. The van der Waals surface area contributed by atoms with Gasteiger partial charge in [0.1, 0.15) is 6.10 Å². The molecule has 3 atom stereocenters. The van der Waals surface area contributed by atoms with Crippen molar-refractivity contribution in [2.75, 3.05) is 6.54 Å². The first kappa shape index (κ1) is 10.8. The quantitative estimate of drug-likeness (QED) is 0.726. The van der Waals surface area contributed by atoms with Gasteiger partial charge in [-0.1, -0.05) is 13.3 Å². The molecule has 2 rings (SSSR count). The van der Waals surface area contributed by atoms with Crippen molar-refractivity contribution in [3.8, 4) is 0 Å². The van der Waals surface area contributed by atoms with Gasteiger partial charge in [-0.05, 0) is 43.9 Å². The number of hydrogen-bond donors (Lipinski definition) is 1. The normalized spacial score (nSPS) is 33.0. The number of hydrogen-bond acceptors (Lipinski definition) is 2. The number of alkyl carbamates (subject to hydrolysis) is 1. The molecule has 3 heteroatoms. The third kappa shape index (κ3) is 2.64. The summed E-state index contributed by atoms with van der Waals surface area (Å²) in [6.07, 6.45) is 7.14. The van der Waals surface area contributed by atoms with Crippen LogP contribution in [0.15, 0.2) is 0 Å². The molecular formula is C12H21NO2. The molecular weight excluding hydrogens is 190 g/mol. The average Bonchev–Trinajstić information content (AvgIpc) is 2.79. The van der Waals surface area contributed by atoms with E-state index in [1.165, 1.54) is 19.3 Å². The van der Waals surface area contributed by atoms with Crippen LogP contribution < -0.4 is 5.32 Å². The first-order valence-corrected chi connectivity index (χ1v) is 6.24. The lowest BCUT2D eigenvalue weighted by atomic mass is 9.98. The van der Waals surface area contributed by atoms with Gasteiger partial charge in [-0.25, -0.2) is 4.79 Å². The molecule has 0 aliphatic heterocycles. The Morgan fingerprint density at radius 3 is 2.87 bits per heavy atom. The molecule has 0 radical (unpaired) electrons. The maximum Gasteiger partial charge on any atom is 0.407 e. The highest BCUT2D eigenvalue weighted by Gasteiger charge is 2.41. The fraction of sp³-hybridized carbons (Fsp3) is 0.917. The fourth-order valence-electron chi connectivity index (χ4n) is 2.88. The average molecular weight is 211 g/mol.